The van der Waals surface area contributed by atoms with E-state index < -0.39 is 17.5 Å². The van der Waals surface area contributed by atoms with Crippen LogP contribution in [0.25, 0.3) is 0 Å². The molecule has 2 N–H and O–H groups in total. The number of carbonyl (C=O) groups excluding carboxylic acids is 1. The predicted octanol–water partition coefficient (Wildman–Crippen LogP) is 4.36. The lowest BCUT2D eigenvalue weighted by atomic mass is 10.2. The largest absolute Gasteiger partial charge is 0.495 e. The van der Waals surface area contributed by atoms with Crippen LogP contribution in [0.3, 0.4) is 0 Å². The van der Waals surface area contributed by atoms with Crippen LogP contribution in [0.5, 0.6) is 5.75 Å². The molecule has 0 unspecified atom stereocenters. The summed E-state index contributed by atoms with van der Waals surface area (Å²) < 4.78 is 31.9. The molecule has 3 rings (SSSR count). The van der Waals surface area contributed by atoms with Gasteiger partial charge in [-0.15, -0.1) is 0 Å². The van der Waals surface area contributed by atoms with Gasteiger partial charge >= 0.3 is 0 Å². The standard InChI is InChI=1S/C19H15F2N3O2/c1-26-18-5-3-2-4-17(18)23-14-8-12(10-22-11-14)19(25)24-16-7-6-13(20)9-15(16)21/h2-11,23H,1H3,(H,24,25). The Labute approximate surface area is 148 Å². The predicted molar refractivity (Wildman–Crippen MR) is 94.8 cm³/mol. The lowest BCUT2D eigenvalue weighted by Crippen LogP contribution is -2.13. The minimum Gasteiger partial charge on any atom is -0.495 e. The fourth-order valence-electron chi connectivity index (χ4n) is 2.32. The van der Waals surface area contributed by atoms with E-state index >= 15 is 0 Å². The van der Waals surface area contributed by atoms with Gasteiger partial charge in [-0.2, -0.15) is 0 Å². The summed E-state index contributed by atoms with van der Waals surface area (Å²) in [5.74, 6) is -1.50. The van der Waals surface area contributed by atoms with Crippen LogP contribution in [0.4, 0.5) is 25.8 Å². The average Bonchev–Trinajstić information content (AvgIpc) is 2.64. The zero-order valence-electron chi connectivity index (χ0n) is 13.8. The Bertz CT molecular complexity index is 948. The van der Waals surface area contributed by atoms with Gasteiger partial charge in [0.05, 0.1) is 35.9 Å². The fourth-order valence-corrected chi connectivity index (χ4v) is 2.32. The molecule has 0 spiro atoms. The molecule has 1 aromatic heterocycles. The number of para-hydroxylation sites is 2. The number of nitrogens with one attached hydrogen (secondary N) is 2. The lowest BCUT2D eigenvalue weighted by Gasteiger charge is -2.11. The number of nitrogens with zero attached hydrogens (tertiary/aromatic N) is 1. The summed E-state index contributed by atoms with van der Waals surface area (Å²) in [6.07, 6.45) is 2.89. The summed E-state index contributed by atoms with van der Waals surface area (Å²) in [6, 6.07) is 11.8. The van der Waals surface area contributed by atoms with Gasteiger partial charge in [0.1, 0.15) is 17.4 Å². The number of amides is 1. The minimum absolute atomic E-state index is 0.112. The third-order valence-electron chi connectivity index (χ3n) is 3.57. The molecule has 0 aliphatic rings. The number of methoxy groups -OCH3 is 1. The topological polar surface area (TPSA) is 63.2 Å². The quantitative estimate of drug-likeness (QED) is 0.714. The van der Waals surface area contributed by atoms with Crippen molar-refractivity contribution in [1.82, 2.24) is 4.98 Å². The number of ether oxygens (including phenoxy) is 1. The normalized spacial score (nSPS) is 10.3. The van der Waals surface area contributed by atoms with Crippen LogP contribution in [0, 0.1) is 11.6 Å². The maximum atomic E-state index is 13.7. The highest BCUT2D eigenvalue weighted by Crippen LogP contribution is 2.27. The van der Waals surface area contributed by atoms with E-state index in [-0.39, 0.29) is 11.3 Å². The van der Waals surface area contributed by atoms with Gasteiger partial charge in [-0.3, -0.25) is 9.78 Å². The van der Waals surface area contributed by atoms with Crippen LogP contribution in [0.15, 0.2) is 60.9 Å². The zero-order valence-corrected chi connectivity index (χ0v) is 13.8. The van der Waals surface area contributed by atoms with E-state index in [1.54, 1.807) is 25.4 Å². The van der Waals surface area contributed by atoms with Crippen molar-refractivity contribution < 1.29 is 18.3 Å². The summed E-state index contributed by atoms with van der Waals surface area (Å²) in [6.45, 7) is 0. The molecule has 132 valence electrons. The Kier molecular flexibility index (Phi) is 5.07. The molecule has 1 heterocycles. The van der Waals surface area contributed by atoms with Crippen molar-refractivity contribution in [2.24, 2.45) is 0 Å². The molecule has 0 saturated heterocycles. The molecule has 0 atom stereocenters. The first-order valence-corrected chi connectivity index (χ1v) is 7.68. The number of pyridine rings is 1. The minimum atomic E-state index is -0.852. The fraction of sp³-hybridized carbons (Fsp3) is 0.0526. The van der Waals surface area contributed by atoms with Crippen molar-refractivity contribution in [2.75, 3.05) is 17.7 Å². The van der Waals surface area contributed by atoms with Crippen LogP contribution >= 0.6 is 0 Å². The van der Waals surface area contributed by atoms with Crippen molar-refractivity contribution in [3.05, 3.63) is 78.1 Å². The first kappa shape index (κ1) is 17.3. The molecule has 0 fully saturated rings. The SMILES string of the molecule is COc1ccccc1Nc1cncc(C(=O)Nc2ccc(F)cc2F)c1. The van der Waals surface area contributed by atoms with Crippen molar-refractivity contribution in [3.63, 3.8) is 0 Å². The second kappa shape index (κ2) is 7.60. The van der Waals surface area contributed by atoms with Crippen molar-refractivity contribution in [1.29, 1.82) is 0 Å². The first-order valence-electron chi connectivity index (χ1n) is 7.68. The number of aromatic nitrogens is 1. The van der Waals surface area contributed by atoms with Gasteiger partial charge in [-0.05, 0) is 30.3 Å². The van der Waals surface area contributed by atoms with Crippen LogP contribution in [0.1, 0.15) is 10.4 Å². The maximum Gasteiger partial charge on any atom is 0.257 e. The lowest BCUT2D eigenvalue weighted by molar-refractivity contribution is 0.102. The summed E-state index contributed by atoms with van der Waals surface area (Å²) in [7, 11) is 1.56. The molecule has 2 aromatic carbocycles. The number of benzene rings is 2. The Morgan fingerprint density at radius 1 is 1.04 bits per heavy atom. The van der Waals surface area contributed by atoms with Crippen molar-refractivity contribution in [2.45, 2.75) is 0 Å². The highest BCUT2D eigenvalue weighted by molar-refractivity contribution is 6.04. The third kappa shape index (κ3) is 3.94. The second-order valence-electron chi connectivity index (χ2n) is 5.37. The van der Waals surface area contributed by atoms with Crippen LogP contribution in [0.2, 0.25) is 0 Å². The summed E-state index contributed by atoms with van der Waals surface area (Å²) >= 11 is 0. The molecule has 3 aromatic rings. The van der Waals surface area contributed by atoms with E-state index in [0.717, 1.165) is 12.1 Å². The number of carbonyl (C=O) groups is 1. The van der Waals surface area contributed by atoms with Crippen LogP contribution < -0.4 is 15.4 Å². The number of rotatable bonds is 5. The highest BCUT2D eigenvalue weighted by Gasteiger charge is 2.12. The third-order valence-corrected chi connectivity index (χ3v) is 3.57. The Morgan fingerprint density at radius 3 is 2.62 bits per heavy atom. The van der Waals surface area contributed by atoms with E-state index in [2.05, 4.69) is 15.6 Å². The molecule has 7 heteroatoms. The van der Waals surface area contributed by atoms with E-state index in [9.17, 15) is 13.6 Å². The summed E-state index contributed by atoms with van der Waals surface area (Å²) in [5, 5.41) is 5.50. The molecule has 0 bridgehead atoms. The first-order chi connectivity index (χ1) is 12.6. The van der Waals surface area contributed by atoms with Crippen molar-refractivity contribution in [3.8, 4) is 5.75 Å². The van der Waals surface area contributed by atoms with E-state index in [4.69, 9.17) is 4.74 Å². The van der Waals surface area contributed by atoms with Gasteiger partial charge in [0.15, 0.2) is 0 Å². The Morgan fingerprint density at radius 2 is 1.85 bits per heavy atom. The molecule has 0 aliphatic carbocycles. The number of anilines is 3. The molecular weight excluding hydrogens is 340 g/mol. The smallest absolute Gasteiger partial charge is 0.257 e. The Balaban J connectivity index is 1.79. The average molecular weight is 355 g/mol. The van der Waals surface area contributed by atoms with Crippen LogP contribution in [-0.2, 0) is 0 Å². The summed E-state index contributed by atoms with van der Waals surface area (Å²) in [5.41, 5.74) is 1.37. The van der Waals surface area contributed by atoms with Gasteiger partial charge in [-0.25, -0.2) is 8.78 Å². The zero-order chi connectivity index (χ0) is 18.5. The number of hydrogen-bond donors (Lipinski definition) is 2. The van der Waals surface area contributed by atoms with Gasteiger partial charge in [0.2, 0.25) is 0 Å². The van der Waals surface area contributed by atoms with Gasteiger partial charge in [-0.1, -0.05) is 12.1 Å². The van der Waals surface area contributed by atoms with Gasteiger partial charge in [0, 0.05) is 12.3 Å². The second-order valence-corrected chi connectivity index (χ2v) is 5.37. The van der Waals surface area contributed by atoms with Crippen molar-refractivity contribution >= 4 is 23.0 Å². The molecule has 1 amide bonds. The van der Waals surface area contributed by atoms with Gasteiger partial charge < -0.3 is 15.4 Å². The number of hydrogen-bond acceptors (Lipinski definition) is 4. The molecule has 5 nitrogen and oxygen atoms in total. The molecule has 26 heavy (non-hydrogen) atoms. The molecule has 0 aliphatic heterocycles. The van der Waals surface area contributed by atoms with E-state index in [1.807, 2.05) is 18.2 Å². The van der Waals surface area contributed by atoms with E-state index in [0.29, 0.717) is 23.2 Å². The highest BCUT2D eigenvalue weighted by atomic mass is 19.1. The maximum absolute atomic E-state index is 13.7. The monoisotopic (exact) mass is 355 g/mol. The number of halogens is 2. The molecule has 0 saturated carbocycles. The molecule has 0 radical (unpaired) electrons. The molecular formula is C19H15F2N3O2. The van der Waals surface area contributed by atoms with E-state index in [1.165, 1.54) is 6.20 Å². The van der Waals surface area contributed by atoms with Crippen LogP contribution in [-0.4, -0.2) is 18.0 Å². The van der Waals surface area contributed by atoms with Gasteiger partial charge in [0.25, 0.3) is 5.91 Å². The summed E-state index contributed by atoms with van der Waals surface area (Å²) in [4.78, 5) is 16.3. The Hall–Kier alpha value is -3.48.